The molecule has 0 aromatic carbocycles. The quantitative estimate of drug-likeness (QED) is 0.0464. The molecule has 8 heterocycles. The van der Waals surface area contributed by atoms with Gasteiger partial charge in [-0.1, -0.05) is 0 Å². The Morgan fingerprint density at radius 2 is 0.607 bits per heavy atom. The molecule has 36 nitrogen and oxygen atoms in total. The molecule has 16 N–H and O–H groups in total. The number of aliphatic hydroxyl groups excluding tert-OH is 12. The van der Waals surface area contributed by atoms with Crippen LogP contribution >= 0.6 is 0 Å². The van der Waals surface area contributed by atoms with Crippen molar-refractivity contribution in [3.8, 4) is 0 Å². The topological polar surface area (TPSA) is 530 Å². The lowest BCUT2D eigenvalue weighted by molar-refractivity contribution is -0.294. The van der Waals surface area contributed by atoms with E-state index in [0.717, 1.165) is 12.8 Å². The summed E-state index contributed by atoms with van der Waals surface area (Å²) in [6.07, 6.45) is -34.6. The Morgan fingerprint density at radius 1 is 0.369 bits per heavy atom. The second-order valence-corrected chi connectivity index (χ2v) is 20.9. The Hall–Kier alpha value is -5.30. The first-order valence-electron chi connectivity index (χ1n) is 27.2. The first-order chi connectivity index (χ1) is 40.0. The van der Waals surface area contributed by atoms with Crippen LogP contribution in [0, 0.1) is 0 Å². The zero-order chi connectivity index (χ0) is 60.8. The first-order valence-corrected chi connectivity index (χ1v) is 27.2. The SMILES string of the molecule is O=C(O)C1OC(OCCN(CCOC2OC(C(=O)O)C(O)C(O)C2O)c2nc(N3CCCCC3)c3nc(N(CCOC4OC(C(=O)O)C(O)C(O)C4O)CCOC4OC(C(=O)O)C(O)C(O)C4O)nc(N4CCCCC4)c3n2)C(O)C(O)C1O. The fourth-order valence-electron chi connectivity index (χ4n) is 10.4. The van der Waals surface area contributed by atoms with Gasteiger partial charge in [0.25, 0.3) is 0 Å². The van der Waals surface area contributed by atoms with Crippen molar-refractivity contribution in [1.29, 1.82) is 0 Å². The molecule has 6 aliphatic rings. The van der Waals surface area contributed by atoms with Crippen molar-refractivity contribution in [3.05, 3.63) is 0 Å². The van der Waals surface area contributed by atoms with E-state index in [1.54, 1.807) is 0 Å². The minimum atomic E-state index is -2.03. The maximum Gasteiger partial charge on any atom is 0.335 e. The number of piperidine rings is 2. The average Bonchev–Trinajstić information content (AvgIpc) is 2.15. The molecule has 0 spiro atoms. The Kier molecular flexibility index (Phi) is 21.9. The number of ether oxygens (including phenoxy) is 8. The number of hydrogen-bond donors (Lipinski definition) is 16. The summed E-state index contributed by atoms with van der Waals surface area (Å²) in [5.41, 5.74) is 0.338. The Labute approximate surface area is 476 Å². The number of carboxylic acids is 4. The molecular formula is C48H72N8O28. The zero-order valence-electron chi connectivity index (χ0n) is 44.9. The van der Waals surface area contributed by atoms with Gasteiger partial charge in [-0.3, -0.25) is 0 Å². The monoisotopic (exact) mass is 1210 g/mol. The fourth-order valence-corrected chi connectivity index (χ4v) is 10.4. The van der Waals surface area contributed by atoms with Crippen molar-refractivity contribution in [2.45, 2.75) is 161 Å². The molecule has 0 aliphatic carbocycles. The van der Waals surface area contributed by atoms with Gasteiger partial charge in [-0.05, 0) is 38.5 Å². The summed E-state index contributed by atoms with van der Waals surface area (Å²) in [5.74, 6) is -6.29. The predicted octanol–water partition coefficient (Wildman–Crippen LogP) is -8.35. The summed E-state index contributed by atoms with van der Waals surface area (Å²) in [5, 5.41) is 165. The van der Waals surface area contributed by atoms with Gasteiger partial charge in [0, 0.05) is 52.4 Å². The number of aliphatic hydroxyl groups is 12. The molecule has 36 heteroatoms. The molecule has 472 valence electrons. The zero-order valence-corrected chi connectivity index (χ0v) is 44.9. The lowest BCUT2D eigenvalue weighted by Gasteiger charge is -2.39. The standard InChI is InChI=1S/C48H72N8O28/c57-21-25(61)33(39(69)70)81-43(29(21)65)77-15-11-55(12-16-78-44-30(66)22(58)26(62)34(82-44)40(71)72)47-50-20-19(37(51-47)53-7-3-1-4-8-53)49-48(52-38(20)54-9-5-2-6-10-54)56(13-17-79-45-31(67)23(59)27(63)35(83-45)41(73)74)14-18-80-46-32(68)24(60)28(64)36(84-46)42(75)76/h21-36,43-46,57-68H,1-18H2,(H,69,70)(H,71,72)(H,73,74)(H,75,76). The smallest absolute Gasteiger partial charge is 0.335 e. The molecular weight excluding hydrogens is 1140 g/mol. The summed E-state index contributed by atoms with van der Waals surface area (Å²) >= 11 is 0. The molecule has 0 saturated carbocycles. The third kappa shape index (κ3) is 14.4. The minimum Gasteiger partial charge on any atom is -0.479 e. The molecule has 6 saturated heterocycles. The summed E-state index contributed by atoms with van der Waals surface area (Å²) in [6.45, 7) is -1.07. The van der Waals surface area contributed by atoms with E-state index >= 15 is 0 Å². The van der Waals surface area contributed by atoms with Crippen LogP contribution in [0.3, 0.4) is 0 Å². The lowest BCUT2D eigenvalue weighted by Crippen LogP contribution is -2.60. The van der Waals surface area contributed by atoms with Crippen molar-refractivity contribution in [2.24, 2.45) is 0 Å². The van der Waals surface area contributed by atoms with E-state index in [4.69, 9.17) is 57.8 Å². The van der Waals surface area contributed by atoms with E-state index < -0.39 is 173 Å². The van der Waals surface area contributed by atoms with Gasteiger partial charge in [-0.25, -0.2) is 29.1 Å². The highest BCUT2D eigenvalue weighted by atomic mass is 16.7. The van der Waals surface area contributed by atoms with Gasteiger partial charge in [-0.2, -0.15) is 9.97 Å². The van der Waals surface area contributed by atoms with Crippen LogP contribution in [0.2, 0.25) is 0 Å². The number of carbonyl (C=O) groups is 4. The highest BCUT2D eigenvalue weighted by Crippen LogP contribution is 2.36. The van der Waals surface area contributed by atoms with E-state index in [-0.39, 0.29) is 60.7 Å². The molecule has 0 amide bonds. The van der Waals surface area contributed by atoms with Gasteiger partial charge in [-0.15, -0.1) is 0 Å². The number of hydrogen-bond acceptors (Lipinski definition) is 32. The van der Waals surface area contributed by atoms with Crippen molar-refractivity contribution in [2.75, 3.05) is 98.4 Å². The summed E-state index contributed by atoms with van der Waals surface area (Å²) < 4.78 is 44.4. The molecule has 6 fully saturated rings. The summed E-state index contributed by atoms with van der Waals surface area (Å²) in [7, 11) is 0. The number of carboxylic acid groups (broad SMARTS) is 4. The molecule has 20 unspecified atom stereocenters. The third-order valence-corrected chi connectivity index (χ3v) is 15.2. The van der Waals surface area contributed by atoms with Crippen molar-refractivity contribution in [3.63, 3.8) is 0 Å². The average molecular weight is 1210 g/mol. The van der Waals surface area contributed by atoms with Crippen LogP contribution in [0.15, 0.2) is 0 Å². The highest BCUT2D eigenvalue weighted by molar-refractivity contribution is 5.95. The number of aromatic nitrogens is 4. The van der Waals surface area contributed by atoms with Crippen molar-refractivity contribution < 1.29 is 139 Å². The van der Waals surface area contributed by atoms with Gasteiger partial charge in [0.05, 0.1) is 26.4 Å². The normalized spacial score (nSPS) is 35.9. The highest BCUT2D eigenvalue weighted by Gasteiger charge is 2.51. The maximum absolute atomic E-state index is 11.9. The number of fused-ring (bicyclic) bond motifs is 1. The third-order valence-electron chi connectivity index (χ3n) is 15.2. The fraction of sp³-hybridized carbons (Fsp3) is 0.792. The Bertz CT molecular complexity index is 2280. The van der Waals surface area contributed by atoms with Crippen molar-refractivity contribution in [1.82, 2.24) is 19.9 Å². The summed E-state index contributed by atoms with van der Waals surface area (Å²) in [4.78, 5) is 74.6. The predicted molar refractivity (Wildman–Crippen MR) is 273 cm³/mol. The van der Waals surface area contributed by atoms with Crippen molar-refractivity contribution >= 4 is 58.4 Å². The largest absolute Gasteiger partial charge is 0.479 e. The van der Waals surface area contributed by atoms with E-state index in [1.165, 1.54) is 9.80 Å². The van der Waals surface area contributed by atoms with Gasteiger partial charge >= 0.3 is 23.9 Å². The first kappa shape index (κ1) is 64.7. The Morgan fingerprint density at radius 3 is 0.833 bits per heavy atom. The second kappa shape index (κ2) is 28.5. The minimum absolute atomic E-state index is 0.0625. The molecule has 84 heavy (non-hydrogen) atoms. The molecule has 20 atom stereocenters. The molecule has 2 aromatic rings. The van der Waals surface area contributed by atoms with Crippen LogP contribution in [-0.2, 0) is 57.1 Å². The summed E-state index contributed by atoms with van der Waals surface area (Å²) in [6, 6.07) is 0. The van der Waals surface area contributed by atoms with E-state index in [9.17, 15) is 101 Å². The van der Waals surface area contributed by atoms with Crippen LogP contribution in [-0.4, -0.2) is 327 Å². The van der Waals surface area contributed by atoms with Crippen LogP contribution < -0.4 is 19.6 Å². The van der Waals surface area contributed by atoms with Gasteiger partial charge in [0.2, 0.25) is 11.9 Å². The molecule has 6 aliphatic heterocycles. The van der Waals surface area contributed by atoms with E-state index in [2.05, 4.69) is 0 Å². The van der Waals surface area contributed by atoms with Crippen LogP contribution in [0.5, 0.6) is 0 Å². The van der Waals surface area contributed by atoms with Gasteiger partial charge in [0.1, 0.15) is 84.3 Å². The van der Waals surface area contributed by atoms with E-state index in [0.29, 0.717) is 51.9 Å². The van der Waals surface area contributed by atoms with Gasteiger partial charge < -0.3 is 139 Å². The Balaban J connectivity index is 1.18. The molecule has 0 bridgehead atoms. The lowest BCUT2D eigenvalue weighted by atomic mass is 9.99. The molecule has 0 radical (unpaired) electrons. The van der Waals surface area contributed by atoms with Crippen LogP contribution in [0.1, 0.15) is 38.5 Å². The number of rotatable bonds is 24. The maximum atomic E-state index is 11.9. The van der Waals surface area contributed by atoms with Crippen LogP contribution in [0.4, 0.5) is 23.5 Å². The van der Waals surface area contributed by atoms with Gasteiger partial charge in [0.15, 0.2) is 61.2 Å². The molecule has 2 aromatic heterocycles. The molecule has 8 rings (SSSR count). The number of anilines is 4. The second-order valence-electron chi connectivity index (χ2n) is 20.9. The number of aliphatic carboxylic acids is 4. The number of nitrogens with zero attached hydrogens (tertiary/aromatic N) is 8. The van der Waals surface area contributed by atoms with Crippen LogP contribution in [0.25, 0.3) is 11.0 Å². The van der Waals surface area contributed by atoms with E-state index in [1.807, 2.05) is 9.80 Å².